The molecule has 2 aromatic heterocycles. The number of aryl methyl sites for hydroxylation is 2. The fourth-order valence-corrected chi connectivity index (χ4v) is 5.30. The van der Waals surface area contributed by atoms with Gasteiger partial charge in [-0.3, -0.25) is 24.0 Å². The monoisotopic (exact) mass is 489 g/mol. The maximum atomic E-state index is 13.4. The number of benzene rings is 1. The van der Waals surface area contributed by atoms with Crippen molar-refractivity contribution in [3.8, 4) is 0 Å². The van der Waals surface area contributed by atoms with E-state index in [0.717, 1.165) is 42.2 Å². The van der Waals surface area contributed by atoms with Crippen molar-refractivity contribution in [3.63, 3.8) is 0 Å². The Morgan fingerprint density at radius 2 is 1.97 bits per heavy atom. The third-order valence-electron chi connectivity index (χ3n) is 7.08. The third kappa shape index (κ3) is 4.41. The summed E-state index contributed by atoms with van der Waals surface area (Å²) < 4.78 is 7.21. The van der Waals surface area contributed by atoms with Crippen LogP contribution in [0.15, 0.2) is 47.1 Å². The summed E-state index contributed by atoms with van der Waals surface area (Å²) in [4.78, 5) is 44.9. The molecule has 3 aromatic rings. The maximum Gasteiger partial charge on any atom is 0.263 e. The van der Waals surface area contributed by atoms with Crippen LogP contribution in [-0.4, -0.2) is 64.0 Å². The summed E-state index contributed by atoms with van der Waals surface area (Å²) in [6.45, 7) is 6.24. The molecule has 36 heavy (non-hydrogen) atoms. The van der Waals surface area contributed by atoms with Crippen LogP contribution in [0.3, 0.4) is 0 Å². The Balaban J connectivity index is 1.31. The molecule has 0 aliphatic carbocycles. The average molecular weight is 490 g/mol. The van der Waals surface area contributed by atoms with E-state index in [9.17, 15) is 14.4 Å². The van der Waals surface area contributed by atoms with Gasteiger partial charge in [0.05, 0.1) is 47.8 Å². The number of hydrogen-bond acceptors (Lipinski definition) is 6. The molecule has 9 heteroatoms. The normalized spacial score (nSPS) is 17.6. The van der Waals surface area contributed by atoms with Crippen molar-refractivity contribution in [1.29, 1.82) is 0 Å². The molecule has 0 spiro atoms. The second-order valence-corrected chi connectivity index (χ2v) is 9.67. The number of imide groups is 1. The highest BCUT2D eigenvalue weighted by Crippen LogP contribution is 2.34. The molecular formula is C27H31N5O4. The summed E-state index contributed by atoms with van der Waals surface area (Å²) in [5.74, 6) is 0.0438. The van der Waals surface area contributed by atoms with E-state index in [1.54, 1.807) is 24.3 Å². The predicted molar refractivity (Wildman–Crippen MR) is 134 cm³/mol. The molecule has 1 fully saturated rings. The highest BCUT2D eigenvalue weighted by molar-refractivity contribution is 6.23. The van der Waals surface area contributed by atoms with Crippen LogP contribution in [0, 0.1) is 19.8 Å². The minimum absolute atomic E-state index is 0.0533. The van der Waals surface area contributed by atoms with Crippen molar-refractivity contribution in [1.82, 2.24) is 19.6 Å². The Hall–Kier alpha value is -3.88. The van der Waals surface area contributed by atoms with Crippen molar-refractivity contribution in [3.05, 3.63) is 70.9 Å². The van der Waals surface area contributed by atoms with Gasteiger partial charge in [0.1, 0.15) is 5.76 Å². The largest absolute Gasteiger partial charge is 0.467 e. The first kappa shape index (κ1) is 23.8. The van der Waals surface area contributed by atoms with Crippen molar-refractivity contribution in [2.75, 3.05) is 31.6 Å². The molecule has 1 atom stereocenters. The molecule has 0 saturated carbocycles. The highest BCUT2D eigenvalue weighted by atomic mass is 16.3. The van der Waals surface area contributed by atoms with Crippen molar-refractivity contribution in [2.45, 2.75) is 39.8 Å². The standard InChI is InChI=1S/C27H31N5O4/c1-18-15-19(2)32(28-18)13-12-31-26(34)22-9-4-10-23(24(22)27(31)35)30-11-5-7-20(16-30)25(33)29(3)17-21-8-6-14-36-21/h4,6,8-10,14-15,20H,5,7,11-13,16-17H2,1-3H3/t20-/m1/s1. The molecule has 0 unspecified atom stereocenters. The van der Waals surface area contributed by atoms with Gasteiger partial charge in [0.15, 0.2) is 0 Å². The van der Waals surface area contributed by atoms with Gasteiger partial charge in [-0.1, -0.05) is 6.07 Å². The first-order valence-corrected chi connectivity index (χ1v) is 12.4. The molecule has 9 nitrogen and oxygen atoms in total. The van der Waals surface area contributed by atoms with E-state index in [4.69, 9.17) is 4.42 Å². The summed E-state index contributed by atoms with van der Waals surface area (Å²) in [6, 6.07) is 11.1. The molecule has 2 aliphatic heterocycles. The minimum atomic E-state index is -0.282. The summed E-state index contributed by atoms with van der Waals surface area (Å²) >= 11 is 0. The van der Waals surface area contributed by atoms with E-state index < -0.39 is 0 Å². The fraction of sp³-hybridized carbons (Fsp3) is 0.407. The zero-order valence-electron chi connectivity index (χ0n) is 20.9. The Morgan fingerprint density at radius 1 is 1.14 bits per heavy atom. The zero-order valence-corrected chi connectivity index (χ0v) is 20.9. The van der Waals surface area contributed by atoms with Crippen LogP contribution in [-0.2, 0) is 17.9 Å². The number of nitrogens with zero attached hydrogens (tertiary/aromatic N) is 5. The number of aromatic nitrogens is 2. The van der Waals surface area contributed by atoms with Gasteiger partial charge >= 0.3 is 0 Å². The van der Waals surface area contributed by atoms with Gasteiger partial charge in [-0.15, -0.1) is 0 Å². The molecular weight excluding hydrogens is 458 g/mol. The van der Waals surface area contributed by atoms with Crippen LogP contribution in [0.2, 0.25) is 0 Å². The number of rotatable bonds is 7. The number of carbonyl (C=O) groups excluding carboxylic acids is 3. The highest BCUT2D eigenvalue weighted by Gasteiger charge is 2.39. The van der Waals surface area contributed by atoms with Gasteiger partial charge in [-0.25, -0.2) is 0 Å². The van der Waals surface area contributed by atoms with Gasteiger partial charge in [-0.05, 0) is 57.0 Å². The number of piperidine rings is 1. The van der Waals surface area contributed by atoms with Crippen LogP contribution in [0.5, 0.6) is 0 Å². The lowest BCUT2D eigenvalue weighted by atomic mass is 9.95. The number of fused-ring (bicyclic) bond motifs is 1. The molecule has 4 heterocycles. The molecule has 5 rings (SSSR count). The van der Waals surface area contributed by atoms with Crippen molar-refractivity contribution < 1.29 is 18.8 Å². The molecule has 0 radical (unpaired) electrons. The molecule has 0 bridgehead atoms. The second-order valence-electron chi connectivity index (χ2n) is 9.67. The number of amides is 3. The van der Waals surface area contributed by atoms with E-state index in [-0.39, 0.29) is 30.2 Å². The zero-order chi connectivity index (χ0) is 25.4. The van der Waals surface area contributed by atoms with E-state index in [0.29, 0.717) is 30.8 Å². The van der Waals surface area contributed by atoms with E-state index >= 15 is 0 Å². The van der Waals surface area contributed by atoms with Crippen LogP contribution in [0.4, 0.5) is 5.69 Å². The van der Waals surface area contributed by atoms with Gasteiger partial charge in [-0.2, -0.15) is 5.10 Å². The van der Waals surface area contributed by atoms with Gasteiger partial charge in [0.2, 0.25) is 5.91 Å². The SMILES string of the molecule is Cc1cc(C)n(CCN2C(=O)c3cccc(N4CCC[C@@H](C(=O)N(C)Cc5ccco5)C4)c3C2=O)n1. The Kier molecular flexibility index (Phi) is 6.38. The van der Waals surface area contributed by atoms with Gasteiger partial charge in [0.25, 0.3) is 11.8 Å². The minimum Gasteiger partial charge on any atom is -0.467 e. The Labute approximate surface area is 210 Å². The van der Waals surface area contributed by atoms with Crippen molar-refractivity contribution >= 4 is 23.4 Å². The number of hydrogen-bond donors (Lipinski definition) is 0. The third-order valence-corrected chi connectivity index (χ3v) is 7.08. The lowest BCUT2D eigenvalue weighted by molar-refractivity contribution is -0.135. The predicted octanol–water partition coefficient (Wildman–Crippen LogP) is 3.26. The number of carbonyl (C=O) groups is 3. The molecule has 188 valence electrons. The summed E-state index contributed by atoms with van der Waals surface area (Å²) in [7, 11) is 1.78. The fourth-order valence-electron chi connectivity index (χ4n) is 5.30. The Bertz CT molecular complexity index is 1300. The topological polar surface area (TPSA) is 91.9 Å². The first-order chi connectivity index (χ1) is 17.3. The average Bonchev–Trinajstić information content (AvgIpc) is 3.56. The maximum absolute atomic E-state index is 13.4. The Morgan fingerprint density at radius 3 is 2.69 bits per heavy atom. The lowest BCUT2D eigenvalue weighted by Crippen LogP contribution is -2.44. The summed E-state index contributed by atoms with van der Waals surface area (Å²) in [5.41, 5.74) is 3.49. The lowest BCUT2D eigenvalue weighted by Gasteiger charge is -2.36. The van der Waals surface area contributed by atoms with E-state index in [1.165, 1.54) is 4.90 Å². The van der Waals surface area contributed by atoms with Crippen LogP contribution >= 0.6 is 0 Å². The number of anilines is 1. The molecule has 2 aliphatic rings. The summed E-state index contributed by atoms with van der Waals surface area (Å²) in [5, 5.41) is 4.44. The van der Waals surface area contributed by atoms with Crippen LogP contribution in [0.25, 0.3) is 0 Å². The smallest absolute Gasteiger partial charge is 0.263 e. The van der Waals surface area contributed by atoms with Gasteiger partial charge in [0, 0.05) is 32.4 Å². The molecule has 1 saturated heterocycles. The molecule has 3 amide bonds. The molecule has 1 aromatic carbocycles. The van der Waals surface area contributed by atoms with Gasteiger partial charge < -0.3 is 14.2 Å². The van der Waals surface area contributed by atoms with E-state index in [2.05, 4.69) is 10.00 Å². The molecule has 0 N–H and O–H groups in total. The van der Waals surface area contributed by atoms with E-state index in [1.807, 2.05) is 48.9 Å². The van der Waals surface area contributed by atoms with Crippen LogP contribution < -0.4 is 4.90 Å². The van der Waals surface area contributed by atoms with Crippen LogP contribution in [0.1, 0.15) is 50.7 Å². The van der Waals surface area contributed by atoms with Crippen molar-refractivity contribution in [2.24, 2.45) is 5.92 Å². The number of furan rings is 1. The summed E-state index contributed by atoms with van der Waals surface area (Å²) in [6.07, 6.45) is 3.22. The second kappa shape index (κ2) is 9.64. The first-order valence-electron chi connectivity index (χ1n) is 12.4. The quantitative estimate of drug-likeness (QED) is 0.473.